The lowest BCUT2D eigenvalue weighted by atomic mass is 10.1. The third kappa shape index (κ3) is 4.14. The molecule has 0 spiro atoms. The van der Waals surface area contributed by atoms with Gasteiger partial charge in [-0.1, -0.05) is 56.5 Å². The number of amides is 1. The zero-order valence-corrected chi connectivity index (χ0v) is 14.2. The molecule has 22 heavy (non-hydrogen) atoms. The predicted octanol–water partition coefficient (Wildman–Crippen LogP) is 4.56. The van der Waals surface area contributed by atoms with E-state index in [0.717, 1.165) is 29.9 Å². The largest absolute Gasteiger partial charge is 0.366 e. The maximum Gasteiger partial charge on any atom is 0.250 e. The molecule has 0 aliphatic heterocycles. The molecule has 2 rings (SSSR count). The Labute approximate surface area is 138 Å². The summed E-state index contributed by atoms with van der Waals surface area (Å²) in [5.41, 5.74) is 9.31. The van der Waals surface area contributed by atoms with Gasteiger partial charge in [-0.3, -0.25) is 4.79 Å². The average Bonchev–Trinajstić information content (AvgIpc) is 2.82. The molecule has 1 amide bonds. The minimum Gasteiger partial charge on any atom is -0.366 e. The summed E-state index contributed by atoms with van der Waals surface area (Å²) in [5.74, 6) is -0.350. The molecule has 1 aromatic heterocycles. The SMILES string of the molecule is CCCCCCn1c(-c2ccccc2)cc(C(N)=O)c1C.Cl. The summed E-state index contributed by atoms with van der Waals surface area (Å²) in [5, 5.41) is 0. The molecule has 3 nitrogen and oxygen atoms in total. The fraction of sp³-hybridized carbons (Fsp3) is 0.389. The van der Waals surface area contributed by atoms with Crippen LogP contribution in [-0.2, 0) is 6.54 Å². The Kier molecular flexibility index (Phi) is 7.19. The van der Waals surface area contributed by atoms with Crippen molar-refractivity contribution in [3.05, 3.63) is 47.7 Å². The summed E-state index contributed by atoms with van der Waals surface area (Å²) < 4.78 is 2.23. The fourth-order valence-electron chi connectivity index (χ4n) is 2.73. The van der Waals surface area contributed by atoms with Gasteiger partial charge in [-0.05, 0) is 25.0 Å². The Morgan fingerprint density at radius 3 is 2.41 bits per heavy atom. The third-order valence-corrected chi connectivity index (χ3v) is 3.94. The molecule has 4 heteroatoms. The first-order valence-electron chi connectivity index (χ1n) is 7.70. The van der Waals surface area contributed by atoms with Crippen molar-refractivity contribution >= 4 is 18.3 Å². The molecular weight excluding hydrogens is 296 g/mol. The second-order valence-corrected chi connectivity index (χ2v) is 5.47. The number of nitrogens with two attached hydrogens (primary N) is 1. The minimum atomic E-state index is -0.350. The van der Waals surface area contributed by atoms with Crippen molar-refractivity contribution < 1.29 is 4.79 Å². The molecule has 120 valence electrons. The third-order valence-electron chi connectivity index (χ3n) is 3.94. The monoisotopic (exact) mass is 320 g/mol. The minimum absolute atomic E-state index is 0. The number of hydrogen-bond acceptors (Lipinski definition) is 1. The number of rotatable bonds is 7. The molecule has 0 fully saturated rings. The van der Waals surface area contributed by atoms with E-state index in [1.54, 1.807) is 0 Å². The highest BCUT2D eigenvalue weighted by Gasteiger charge is 2.16. The molecule has 0 radical (unpaired) electrons. The van der Waals surface area contributed by atoms with E-state index < -0.39 is 0 Å². The van der Waals surface area contributed by atoms with Crippen LogP contribution in [0, 0.1) is 6.92 Å². The Bertz CT molecular complexity index is 605. The first kappa shape index (κ1) is 18.3. The molecular formula is C18H25ClN2O. The van der Waals surface area contributed by atoms with Crippen LogP contribution in [-0.4, -0.2) is 10.5 Å². The topological polar surface area (TPSA) is 48.0 Å². The van der Waals surface area contributed by atoms with Gasteiger partial charge in [0.15, 0.2) is 0 Å². The van der Waals surface area contributed by atoms with E-state index >= 15 is 0 Å². The summed E-state index contributed by atoms with van der Waals surface area (Å²) in [7, 11) is 0. The van der Waals surface area contributed by atoms with Gasteiger partial charge in [0, 0.05) is 17.9 Å². The smallest absolute Gasteiger partial charge is 0.250 e. The van der Waals surface area contributed by atoms with Crippen molar-refractivity contribution in [2.24, 2.45) is 5.73 Å². The first-order chi connectivity index (χ1) is 10.1. The van der Waals surface area contributed by atoms with E-state index in [0.29, 0.717) is 5.56 Å². The van der Waals surface area contributed by atoms with Crippen LogP contribution in [0.25, 0.3) is 11.3 Å². The summed E-state index contributed by atoms with van der Waals surface area (Å²) in [4.78, 5) is 11.6. The number of halogens is 1. The Morgan fingerprint density at radius 2 is 1.82 bits per heavy atom. The lowest BCUT2D eigenvalue weighted by Gasteiger charge is -2.12. The Hall–Kier alpha value is -1.74. The molecule has 1 aromatic carbocycles. The normalized spacial score (nSPS) is 10.3. The lowest BCUT2D eigenvalue weighted by Crippen LogP contribution is -2.12. The number of unbranched alkanes of at least 4 members (excludes halogenated alkanes) is 3. The zero-order chi connectivity index (χ0) is 15.2. The Morgan fingerprint density at radius 1 is 1.14 bits per heavy atom. The highest BCUT2D eigenvalue weighted by Crippen LogP contribution is 2.26. The van der Waals surface area contributed by atoms with Gasteiger partial charge < -0.3 is 10.3 Å². The molecule has 2 aromatic rings. The molecule has 0 saturated heterocycles. The quantitative estimate of drug-likeness (QED) is 0.747. The predicted molar refractivity (Wildman–Crippen MR) is 94.5 cm³/mol. The van der Waals surface area contributed by atoms with Gasteiger partial charge in [0.1, 0.15) is 0 Å². The van der Waals surface area contributed by atoms with Gasteiger partial charge in [0.05, 0.1) is 5.56 Å². The van der Waals surface area contributed by atoms with E-state index in [-0.39, 0.29) is 18.3 Å². The van der Waals surface area contributed by atoms with Gasteiger partial charge >= 0.3 is 0 Å². The average molecular weight is 321 g/mol. The van der Waals surface area contributed by atoms with E-state index in [1.165, 1.54) is 19.3 Å². The standard InChI is InChI=1S/C18H24N2O.ClH/c1-3-4-5-9-12-20-14(2)16(18(19)21)13-17(20)15-10-7-6-8-11-15;/h6-8,10-11,13H,3-5,9,12H2,1-2H3,(H2,19,21);1H. The van der Waals surface area contributed by atoms with Crippen LogP contribution in [0.3, 0.4) is 0 Å². The van der Waals surface area contributed by atoms with E-state index in [4.69, 9.17) is 5.73 Å². The van der Waals surface area contributed by atoms with Crippen molar-refractivity contribution in [2.45, 2.75) is 46.1 Å². The summed E-state index contributed by atoms with van der Waals surface area (Å²) in [6.07, 6.45) is 4.82. The number of primary amides is 1. The number of nitrogens with zero attached hydrogens (tertiary/aromatic N) is 1. The molecule has 0 atom stereocenters. The van der Waals surface area contributed by atoms with Crippen LogP contribution in [0.15, 0.2) is 36.4 Å². The van der Waals surface area contributed by atoms with Gasteiger partial charge in [0.25, 0.3) is 5.91 Å². The van der Waals surface area contributed by atoms with Gasteiger partial charge in [0.2, 0.25) is 0 Å². The second-order valence-electron chi connectivity index (χ2n) is 5.47. The summed E-state index contributed by atoms with van der Waals surface area (Å²) >= 11 is 0. The zero-order valence-electron chi connectivity index (χ0n) is 13.3. The highest BCUT2D eigenvalue weighted by molar-refractivity contribution is 5.95. The van der Waals surface area contributed by atoms with Crippen LogP contribution >= 0.6 is 12.4 Å². The maximum atomic E-state index is 11.6. The summed E-state index contributed by atoms with van der Waals surface area (Å²) in [6.45, 7) is 5.12. The molecule has 0 saturated carbocycles. The van der Waals surface area contributed by atoms with Crippen molar-refractivity contribution in [1.82, 2.24) is 4.57 Å². The van der Waals surface area contributed by atoms with Crippen LogP contribution < -0.4 is 5.73 Å². The van der Waals surface area contributed by atoms with Crippen LogP contribution in [0.4, 0.5) is 0 Å². The van der Waals surface area contributed by atoms with Crippen LogP contribution in [0.1, 0.15) is 48.7 Å². The Balaban J connectivity index is 0.00000242. The number of carbonyl (C=O) groups excluding carboxylic acids is 1. The number of aromatic nitrogens is 1. The fourth-order valence-corrected chi connectivity index (χ4v) is 2.73. The number of hydrogen-bond donors (Lipinski definition) is 1. The molecule has 0 unspecified atom stereocenters. The van der Waals surface area contributed by atoms with Crippen molar-refractivity contribution in [3.63, 3.8) is 0 Å². The van der Waals surface area contributed by atoms with E-state index in [1.807, 2.05) is 31.2 Å². The van der Waals surface area contributed by atoms with E-state index in [2.05, 4.69) is 23.6 Å². The molecule has 0 aliphatic rings. The molecule has 0 bridgehead atoms. The molecule has 2 N–H and O–H groups in total. The van der Waals surface area contributed by atoms with E-state index in [9.17, 15) is 4.79 Å². The lowest BCUT2D eigenvalue weighted by molar-refractivity contribution is 0.0999. The van der Waals surface area contributed by atoms with Crippen molar-refractivity contribution in [3.8, 4) is 11.3 Å². The number of benzene rings is 1. The highest BCUT2D eigenvalue weighted by atomic mass is 35.5. The van der Waals surface area contributed by atoms with Crippen LogP contribution in [0.5, 0.6) is 0 Å². The number of carbonyl (C=O) groups is 1. The molecule has 0 aliphatic carbocycles. The molecule has 1 heterocycles. The summed E-state index contributed by atoms with van der Waals surface area (Å²) in [6, 6.07) is 12.1. The van der Waals surface area contributed by atoms with Crippen molar-refractivity contribution in [2.75, 3.05) is 0 Å². The van der Waals surface area contributed by atoms with Gasteiger partial charge in [-0.25, -0.2) is 0 Å². The van der Waals surface area contributed by atoms with Crippen LogP contribution in [0.2, 0.25) is 0 Å². The second kappa shape index (κ2) is 8.64. The van der Waals surface area contributed by atoms with Gasteiger partial charge in [-0.2, -0.15) is 0 Å². The van der Waals surface area contributed by atoms with Crippen molar-refractivity contribution in [1.29, 1.82) is 0 Å². The first-order valence-corrected chi connectivity index (χ1v) is 7.70. The maximum absolute atomic E-state index is 11.6. The van der Waals surface area contributed by atoms with Gasteiger partial charge in [-0.15, -0.1) is 12.4 Å².